The van der Waals surface area contributed by atoms with Crippen molar-refractivity contribution in [2.75, 3.05) is 291 Å². The van der Waals surface area contributed by atoms with Crippen molar-refractivity contribution < 1.29 is 104 Å². The summed E-state index contributed by atoms with van der Waals surface area (Å²) >= 11 is 0. The van der Waals surface area contributed by atoms with Crippen LogP contribution >= 0.6 is 0 Å². The zero-order valence-corrected chi connectivity index (χ0v) is 44.0. The third kappa shape index (κ3) is 65.7. The maximum absolute atomic E-state index is 12.0. The molecular formula is C48H93N3O22. The lowest BCUT2D eigenvalue weighted by Crippen LogP contribution is -2.41. The lowest BCUT2D eigenvalue weighted by molar-refractivity contribution is -0.121. The molecule has 25 nitrogen and oxygen atoms in total. The van der Waals surface area contributed by atoms with E-state index in [1.807, 2.05) is 0 Å². The molecule has 0 aliphatic carbocycles. The first-order valence-electron chi connectivity index (χ1n) is 25.3. The first-order chi connectivity index (χ1) is 36.2. The first-order valence-corrected chi connectivity index (χ1v) is 25.3. The van der Waals surface area contributed by atoms with Crippen LogP contribution in [-0.2, 0) is 104 Å². The molecule has 0 bridgehead atoms. The van der Waals surface area contributed by atoms with Gasteiger partial charge < -0.3 is 105 Å². The number of amides is 2. The fraction of sp³-hybridized carbons (Fsp3) is 0.917. The molecule has 0 rings (SSSR count). The van der Waals surface area contributed by atoms with Gasteiger partial charge in [-0.25, -0.2) is 0 Å². The highest BCUT2D eigenvalue weighted by Crippen LogP contribution is 1.89. The zero-order valence-electron chi connectivity index (χ0n) is 44.0. The molecular weight excluding hydrogens is 971 g/mol. The van der Waals surface area contributed by atoms with Crippen LogP contribution in [0.5, 0.6) is 0 Å². The fourth-order valence-electron chi connectivity index (χ4n) is 5.05. The average molecular weight is 1060 g/mol. The van der Waals surface area contributed by atoms with Gasteiger partial charge in [-0.05, 0) is 0 Å². The van der Waals surface area contributed by atoms with E-state index < -0.39 is 0 Å². The van der Waals surface area contributed by atoms with Crippen molar-refractivity contribution in [1.82, 2.24) is 16.0 Å². The summed E-state index contributed by atoms with van der Waals surface area (Å²) in [7, 11) is 1.64. The van der Waals surface area contributed by atoms with E-state index in [0.717, 1.165) is 0 Å². The lowest BCUT2D eigenvalue weighted by atomic mass is 10.5. The summed E-state index contributed by atoms with van der Waals surface area (Å²) in [5.41, 5.74) is 0. The number of methoxy groups -OCH3 is 1. The molecule has 0 spiro atoms. The third-order valence-corrected chi connectivity index (χ3v) is 8.65. The summed E-state index contributed by atoms with van der Waals surface area (Å²) in [5.74, 6) is 1.92. The van der Waals surface area contributed by atoms with Crippen molar-refractivity contribution in [1.29, 1.82) is 0 Å². The SMILES string of the molecule is C#CCOCCOCCOCCOCCOCCOCCOCCOCCNC(=O)CNCC(=O)NCCOCCOCCOCCOCCOCCOCCOCCOCCOCCOCCOCCOC. The van der Waals surface area contributed by atoms with Gasteiger partial charge in [0.05, 0.1) is 264 Å². The van der Waals surface area contributed by atoms with Crippen LogP contribution in [0.3, 0.4) is 0 Å². The number of nitrogens with one attached hydrogen (secondary N) is 3. The number of carbonyl (C=O) groups excluding carboxylic acids is 2. The van der Waals surface area contributed by atoms with Gasteiger partial charge >= 0.3 is 0 Å². The predicted molar refractivity (Wildman–Crippen MR) is 265 cm³/mol. The van der Waals surface area contributed by atoms with Crippen molar-refractivity contribution in [2.24, 2.45) is 0 Å². The fourth-order valence-corrected chi connectivity index (χ4v) is 5.05. The summed E-state index contributed by atoms with van der Waals surface area (Å²) < 4.78 is 108. The molecule has 432 valence electrons. The van der Waals surface area contributed by atoms with Gasteiger partial charge in [0, 0.05) is 20.2 Å². The van der Waals surface area contributed by atoms with Crippen LogP contribution in [-0.4, -0.2) is 303 Å². The van der Waals surface area contributed by atoms with Gasteiger partial charge in [0.25, 0.3) is 0 Å². The van der Waals surface area contributed by atoms with Gasteiger partial charge in [-0.2, -0.15) is 0 Å². The summed E-state index contributed by atoms with van der Waals surface area (Å²) in [6.45, 7) is 18.8. The molecule has 0 aromatic rings. The topological polar surface area (TPSA) is 255 Å². The van der Waals surface area contributed by atoms with Gasteiger partial charge in [0.2, 0.25) is 11.8 Å². The Bertz CT molecular complexity index is 1140. The minimum atomic E-state index is -0.239. The van der Waals surface area contributed by atoms with Gasteiger partial charge in [-0.3, -0.25) is 14.9 Å². The second kappa shape index (κ2) is 65.8. The molecule has 73 heavy (non-hydrogen) atoms. The highest BCUT2D eigenvalue weighted by molar-refractivity contribution is 5.81. The van der Waals surface area contributed by atoms with Crippen LogP contribution in [0, 0.1) is 12.3 Å². The number of rotatable bonds is 65. The maximum atomic E-state index is 12.0. The van der Waals surface area contributed by atoms with Crippen molar-refractivity contribution >= 4 is 11.8 Å². The molecule has 0 fully saturated rings. The molecule has 0 aliphatic heterocycles. The van der Waals surface area contributed by atoms with E-state index >= 15 is 0 Å². The Kier molecular flexibility index (Phi) is 63.7. The van der Waals surface area contributed by atoms with Crippen molar-refractivity contribution in [3.05, 3.63) is 0 Å². The Morgan fingerprint density at radius 1 is 0.288 bits per heavy atom. The molecule has 0 atom stereocenters. The van der Waals surface area contributed by atoms with Crippen LogP contribution in [0.15, 0.2) is 0 Å². The van der Waals surface area contributed by atoms with Crippen molar-refractivity contribution in [3.63, 3.8) is 0 Å². The monoisotopic (exact) mass is 1060 g/mol. The minimum Gasteiger partial charge on any atom is -0.382 e. The van der Waals surface area contributed by atoms with Crippen LogP contribution < -0.4 is 16.0 Å². The van der Waals surface area contributed by atoms with Crippen LogP contribution in [0.1, 0.15) is 0 Å². The summed E-state index contributed by atoms with van der Waals surface area (Å²) in [6.07, 6.45) is 5.09. The van der Waals surface area contributed by atoms with E-state index in [2.05, 4.69) is 21.9 Å². The molecule has 0 saturated carbocycles. The first kappa shape index (κ1) is 70.7. The van der Waals surface area contributed by atoms with Gasteiger partial charge in [0.1, 0.15) is 6.61 Å². The van der Waals surface area contributed by atoms with Crippen molar-refractivity contribution in [2.45, 2.75) is 0 Å². The van der Waals surface area contributed by atoms with E-state index in [-0.39, 0.29) is 24.9 Å². The molecule has 0 unspecified atom stereocenters. The van der Waals surface area contributed by atoms with E-state index in [1.54, 1.807) is 7.11 Å². The van der Waals surface area contributed by atoms with Gasteiger partial charge in [-0.15, -0.1) is 6.42 Å². The Labute approximate surface area is 434 Å². The standard InChI is InChI=1S/C48H93N3O22/c1-3-6-55-11-14-59-19-22-63-27-30-67-35-36-68-31-28-64-23-20-60-15-12-56-7-4-50-47(52)45-49-46-48(53)51-5-8-57-13-16-61-21-24-65-29-32-69-37-38-71-41-42-73-44-43-72-40-39-70-34-33-66-26-25-62-18-17-58-10-9-54-2/h1,49H,4-46H2,2H3,(H,50,52)(H,51,53). The molecule has 2 amide bonds. The Morgan fingerprint density at radius 2 is 0.466 bits per heavy atom. The van der Waals surface area contributed by atoms with Crippen LogP contribution in [0.4, 0.5) is 0 Å². The third-order valence-electron chi connectivity index (χ3n) is 8.65. The number of hydrogen-bond acceptors (Lipinski definition) is 23. The average Bonchev–Trinajstić information content (AvgIpc) is 3.39. The Hall–Kier alpha value is -2.34. The van der Waals surface area contributed by atoms with E-state index in [4.69, 9.17) is 101 Å². The minimum absolute atomic E-state index is 0.00601. The Balaban J connectivity index is 3.21. The maximum Gasteiger partial charge on any atom is 0.234 e. The number of terminal acetylenes is 1. The lowest BCUT2D eigenvalue weighted by Gasteiger charge is -2.10. The molecule has 0 saturated heterocycles. The number of carbonyl (C=O) groups is 2. The van der Waals surface area contributed by atoms with Crippen LogP contribution in [0.2, 0.25) is 0 Å². The summed E-state index contributed by atoms with van der Waals surface area (Å²) in [4.78, 5) is 24.0. The molecule has 0 aromatic carbocycles. The molecule has 0 aliphatic rings. The van der Waals surface area contributed by atoms with Crippen molar-refractivity contribution in [3.8, 4) is 12.3 Å². The summed E-state index contributed by atoms with van der Waals surface area (Å²) in [6, 6.07) is 0. The quantitative estimate of drug-likeness (QED) is 0.0458. The van der Waals surface area contributed by atoms with Gasteiger partial charge in [0.15, 0.2) is 0 Å². The molecule has 0 radical (unpaired) electrons. The van der Waals surface area contributed by atoms with E-state index in [0.29, 0.717) is 271 Å². The molecule has 3 N–H and O–H groups in total. The van der Waals surface area contributed by atoms with Gasteiger partial charge in [-0.1, -0.05) is 5.92 Å². The molecule has 0 aromatic heterocycles. The second-order valence-electron chi connectivity index (χ2n) is 14.6. The highest BCUT2D eigenvalue weighted by atomic mass is 16.6. The Morgan fingerprint density at radius 3 is 0.658 bits per heavy atom. The summed E-state index contributed by atoms with van der Waals surface area (Å²) in [5, 5.41) is 8.26. The van der Waals surface area contributed by atoms with Crippen LogP contribution in [0.25, 0.3) is 0 Å². The molecule has 25 heteroatoms. The smallest absolute Gasteiger partial charge is 0.234 e. The predicted octanol–water partition coefficient (Wildman–Crippen LogP) is -1.60. The normalized spacial score (nSPS) is 11.4. The largest absolute Gasteiger partial charge is 0.382 e. The second-order valence-corrected chi connectivity index (χ2v) is 14.6. The number of hydrogen-bond donors (Lipinski definition) is 3. The number of ether oxygens (including phenoxy) is 20. The zero-order chi connectivity index (χ0) is 52.5. The van der Waals surface area contributed by atoms with E-state index in [9.17, 15) is 9.59 Å². The highest BCUT2D eigenvalue weighted by Gasteiger charge is 2.05. The molecule has 0 heterocycles. The van der Waals surface area contributed by atoms with E-state index in [1.165, 1.54) is 0 Å².